The van der Waals surface area contributed by atoms with Crippen LogP contribution in [0.5, 0.6) is 11.5 Å². The lowest BCUT2D eigenvalue weighted by molar-refractivity contribution is -0.688. The molecule has 0 bridgehead atoms. The molecule has 0 radical (unpaired) electrons. The maximum absolute atomic E-state index is 11.2. The molecule has 1 aliphatic rings. The molecular weight excluding hydrogens is 522 g/mol. The van der Waals surface area contributed by atoms with Gasteiger partial charge in [0, 0.05) is 29.2 Å². The third kappa shape index (κ3) is 6.01. The van der Waals surface area contributed by atoms with Crippen LogP contribution < -0.4 is 26.3 Å². The lowest BCUT2D eigenvalue weighted by Crippen LogP contribution is -3.00. The molecule has 4 heteroatoms. The van der Waals surface area contributed by atoms with Gasteiger partial charge in [0.2, 0.25) is 0 Å². The molecule has 0 amide bonds. The number of fused-ring (bicyclic) bond motifs is 2. The Morgan fingerprint density at radius 3 is 2.46 bits per heavy atom. The van der Waals surface area contributed by atoms with E-state index in [0.29, 0.717) is 11.7 Å². The van der Waals surface area contributed by atoms with Gasteiger partial charge in [0.15, 0.2) is 18.9 Å². The van der Waals surface area contributed by atoms with Crippen LogP contribution in [0.25, 0.3) is 10.8 Å². The molecule has 194 valence electrons. The quantitative estimate of drug-likeness (QED) is 0.327. The average molecular weight is 561 g/mol. The number of rotatable bonds is 7. The molecule has 0 fully saturated rings. The van der Waals surface area contributed by atoms with Crippen molar-refractivity contribution in [3.8, 4) is 11.5 Å². The summed E-state index contributed by atoms with van der Waals surface area (Å²) in [4.78, 5) is 0. The third-order valence-corrected chi connectivity index (χ3v) is 7.63. The molecule has 4 aromatic rings. The second-order valence-corrected chi connectivity index (χ2v) is 11.1. The molecule has 2 unspecified atom stereocenters. The van der Waals surface area contributed by atoms with E-state index in [-0.39, 0.29) is 28.5 Å². The Morgan fingerprint density at radius 2 is 1.73 bits per heavy atom. The first-order valence-electron chi connectivity index (χ1n) is 13.4. The number of hydrogen-bond acceptors (Lipinski definition) is 2. The molecule has 5 rings (SSSR count). The van der Waals surface area contributed by atoms with Crippen molar-refractivity contribution in [2.75, 3.05) is 0 Å². The van der Waals surface area contributed by atoms with Gasteiger partial charge in [-0.1, -0.05) is 63.1 Å². The molecule has 0 spiro atoms. The zero-order valence-electron chi connectivity index (χ0n) is 22.4. The molecule has 0 saturated heterocycles. The molecule has 37 heavy (non-hydrogen) atoms. The molecule has 0 aliphatic carbocycles. The summed E-state index contributed by atoms with van der Waals surface area (Å²) >= 11 is 0. The van der Waals surface area contributed by atoms with Crippen LogP contribution in [0.4, 0.5) is 0 Å². The Morgan fingerprint density at radius 1 is 1.00 bits per heavy atom. The highest BCUT2D eigenvalue weighted by Crippen LogP contribution is 2.49. The molecule has 1 aliphatic heterocycles. The molecule has 2 atom stereocenters. The molecule has 3 aromatic carbocycles. The first-order valence-corrected chi connectivity index (χ1v) is 13.4. The zero-order valence-corrected chi connectivity index (χ0v) is 24.0. The first kappa shape index (κ1) is 27.2. The van der Waals surface area contributed by atoms with Crippen LogP contribution in [0.2, 0.25) is 0 Å². The number of benzene rings is 3. The maximum Gasteiger partial charge on any atom is 0.173 e. The van der Waals surface area contributed by atoms with Crippen molar-refractivity contribution < 1.29 is 31.4 Å². The van der Waals surface area contributed by atoms with Crippen molar-refractivity contribution in [3.05, 3.63) is 101 Å². The molecule has 3 nitrogen and oxygen atoms in total. The van der Waals surface area contributed by atoms with Crippen LogP contribution in [0.1, 0.15) is 87.5 Å². The third-order valence-electron chi connectivity index (χ3n) is 7.63. The number of ether oxygens (including phenoxy) is 1. The van der Waals surface area contributed by atoms with Crippen LogP contribution in [-0.2, 0) is 6.54 Å². The van der Waals surface area contributed by atoms with E-state index >= 15 is 0 Å². The van der Waals surface area contributed by atoms with Gasteiger partial charge in [0.1, 0.15) is 17.1 Å². The molecule has 0 saturated carbocycles. The van der Waals surface area contributed by atoms with Crippen molar-refractivity contribution in [1.29, 1.82) is 0 Å². The van der Waals surface area contributed by atoms with Crippen LogP contribution in [0.15, 0.2) is 79.1 Å². The largest absolute Gasteiger partial charge is 1.00 e. The summed E-state index contributed by atoms with van der Waals surface area (Å²) in [5, 5.41) is 13.7. The summed E-state index contributed by atoms with van der Waals surface area (Å²) in [5.41, 5.74) is 4.29. The number of halogens is 1. The van der Waals surface area contributed by atoms with Gasteiger partial charge in [0.05, 0.1) is 0 Å². The Bertz CT molecular complexity index is 1360. The average Bonchev–Trinajstić information content (AvgIpc) is 2.86. The van der Waals surface area contributed by atoms with Crippen molar-refractivity contribution >= 4 is 10.8 Å². The summed E-state index contributed by atoms with van der Waals surface area (Å²) in [6.07, 6.45) is 8.64. The number of phenolic OH excluding ortho intramolecular Hbond substituents is 1. The van der Waals surface area contributed by atoms with Crippen LogP contribution in [0.3, 0.4) is 0 Å². The normalized spacial score (nSPS) is 16.9. The van der Waals surface area contributed by atoms with Gasteiger partial charge < -0.3 is 26.8 Å². The maximum atomic E-state index is 11.2. The number of unbranched alkanes of at least 4 members (excludes halogenated alkanes) is 1. The van der Waals surface area contributed by atoms with Gasteiger partial charge >= 0.3 is 0 Å². The van der Waals surface area contributed by atoms with E-state index in [1.165, 1.54) is 34.7 Å². The predicted molar refractivity (Wildman–Crippen MR) is 147 cm³/mol. The van der Waals surface area contributed by atoms with E-state index in [2.05, 4.69) is 105 Å². The zero-order chi connectivity index (χ0) is 25.3. The smallest absolute Gasteiger partial charge is 0.173 e. The molecule has 2 heterocycles. The summed E-state index contributed by atoms with van der Waals surface area (Å²) < 4.78 is 8.64. The van der Waals surface area contributed by atoms with E-state index in [9.17, 15) is 5.11 Å². The highest BCUT2D eigenvalue weighted by Gasteiger charge is 2.37. The number of aromatic nitrogens is 1. The predicted octanol–water partition coefficient (Wildman–Crippen LogP) is 4.87. The van der Waals surface area contributed by atoms with E-state index in [0.717, 1.165) is 36.3 Å². The topological polar surface area (TPSA) is 33.3 Å². The number of pyridine rings is 1. The van der Waals surface area contributed by atoms with Crippen LogP contribution >= 0.6 is 0 Å². The monoisotopic (exact) mass is 559 g/mol. The van der Waals surface area contributed by atoms with Crippen LogP contribution in [0, 0.1) is 0 Å². The fourth-order valence-corrected chi connectivity index (χ4v) is 5.60. The second-order valence-electron chi connectivity index (χ2n) is 11.1. The van der Waals surface area contributed by atoms with Gasteiger partial charge in [-0.2, -0.15) is 0 Å². The van der Waals surface area contributed by atoms with Gasteiger partial charge in [-0.05, 0) is 72.7 Å². The SMILES string of the molecule is CCCCC(C)c1cc(O)c2c(c1)OC(C)(C)CC2c1cc[n+](Cc2ccc3ccccc3c2)cc1.[Br-]. The fourth-order valence-electron chi connectivity index (χ4n) is 5.60. The molecule has 1 N–H and O–H groups in total. The van der Waals surface area contributed by atoms with E-state index < -0.39 is 0 Å². The lowest BCUT2D eigenvalue weighted by atomic mass is 9.79. The van der Waals surface area contributed by atoms with Crippen molar-refractivity contribution in [2.24, 2.45) is 0 Å². The van der Waals surface area contributed by atoms with Crippen LogP contribution in [-0.4, -0.2) is 10.7 Å². The number of hydrogen-bond donors (Lipinski definition) is 1. The molecular formula is C33H38BrNO2. The van der Waals surface area contributed by atoms with E-state index in [1.54, 1.807) is 0 Å². The minimum Gasteiger partial charge on any atom is -1.00 e. The fraction of sp³-hybridized carbons (Fsp3) is 0.364. The number of phenols is 1. The van der Waals surface area contributed by atoms with Crippen molar-refractivity contribution in [1.82, 2.24) is 0 Å². The standard InChI is InChI=1S/C33H37NO2.BrH/c1-5-6-9-23(2)28-19-30(35)32-29(21-33(3,4)36-31(32)20-28)26-14-16-34(17-15-26)22-24-12-13-25-10-7-8-11-27(25)18-24;/h7-8,10-20,23,29H,5-6,9,21-22H2,1-4H3;1H. The molecule has 1 aromatic heterocycles. The number of aromatic hydroxyl groups is 1. The summed E-state index contributed by atoms with van der Waals surface area (Å²) in [6, 6.07) is 23.7. The highest BCUT2D eigenvalue weighted by atomic mass is 79.9. The first-order chi connectivity index (χ1) is 17.3. The Kier molecular flexibility index (Phi) is 8.28. The lowest BCUT2D eigenvalue weighted by Gasteiger charge is -2.38. The van der Waals surface area contributed by atoms with E-state index in [1.807, 2.05) is 6.07 Å². The second kappa shape index (κ2) is 11.3. The van der Waals surface area contributed by atoms with E-state index in [4.69, 9.17) is 4.74 Å². The summed E-state index contributed by atoms with van der Waals surface area (Å²) in [5.74, 6) is 1.69. The van der Waals surface area contributed by atoms with Crippen molar-refractivity contribution in [3.63, 3.8) is 0 Å². The van der Waals surface area contributed by atoms with Gasteiger partial charge in [-0.3, -0.25) is 0 Å². The summed E-state index contributed by atoms with van der Waals surface area (Å²) in [6.45, 7) is 9.59. The summed E-state index contributed by atoms with van der Waals surface area (Å²) in [7, 11) is 0. The number of nitrogens with zero attached hydrogens (tertiary/aromatic N) is 1. The minimum atomic E-state index is -0.299. The Labute approximate surface area is 231 Å². The van der Waals surface area contributed by atoms with Gasteiger partial charge in [0.25, 0.3) is 0 Å². The van der Waals surface area contributed by atoms with Gasteiger partial charge in [-0.15, -0.1) is 0 Å². The Balaban J connectivity index is 0.00000320. The van der Waals surface area contributed by atoms with Gasteiger partial charge in [-0.25, -0.2) is 4.57 Å². The van der Waals surface area contributed by atoms with Crippen molar-refractivity contribution in [2.45, 2.75) is 77.4 Å². The highest BCUT2D eigenvalue weighted by molar-refractivity contribution is 5.82. The Hall–Kier alpha value is -2.85. The minimum absolute atomic E-state index is 0.